The summed E-state index contributed by atoms with van der Waals surface area (Å²) in [6.45, 7) is 0. The largest absolute Gasteiger partial charge is 0.456 e. The minimum atomic E-state index is 0.837. The lowest BCUT2D eigenvalue weighted by atomic mass is 9.84. The molecule has 10 aromatic carbocycles. The van der Waals surface area contributed by atoms with Gasteiger partial charge < -0.3 is 8.83 Å². The molecule has 56 heavy (non-hydrogen) atoms. The quantitative estimate of drug-likeness (QED) is 0.170. The smallest absolute Gasteiger partial charge is 0.147 e. The minimum Gasteiger partial charge on any atom is -0.456 e. The standard InChI is InChI=1S/C54H32O2/c1-2-11-33(12-3-1)38-23-25-43-47(31-38)52(39-16-10-15-36(30-39)37-22-21-34-13-4-5-14-35(34)29-37)42-18-7-6-17-41(42)51(43)40-24-27-49-46(32-40)44-26-28-50-53(54(44)56-49)45-19-8-9-20-48(45)55-50/h1-32H. The number of fused-ring (bicyclic) bond motifs is 10. The zero-order valence-corrected chi connectivity index (χ0v) is 30.3. The maximum atomic E-state index is 6.65. The molecule has 12 aromatic rings. The lowest BCUT2D eigenvalue weighted by Gasteiger charge is -2.19. The molecule has 0 atom stereocenters. The van der Waals surface area contributed by atoms with Crippen molar-refractivity contribution in [3.05, 3.63) is 194 Å². The van der Waals surface area contributed by atoms with Gasteiger partial charge in [0.1, 0.15) is 22.3 Å². The molecular weight excluding hydrogens is 681 g/mol. The van der Waals surface area contributed by atoms with Crippen LogP contribution in [0.2, 0.25) is 0 Å². The Morgan fingerprint density at radius 1 is 0.250 bits per heavy atom. The number of furan rings is 2. The fourth-order valence-electron chi connectivity index (χ4n) is 9.03. The van der Waals surface area contributed by atoms with E-state index in [9.17, 15) is 0 Å². The molecule has 0 saturated carbocycles. The topological polar surface area (TPSA) is 26.3 Å². The summed E-state index contributed by atoms with van der Waals surface area (Å²) in [5, 5.41) is 11.6. The van der Waals surface area contributed by atoms with E-state index in [1.54, 1.807) is 0 Å². The van der Waals surface area contributed by atoms with Crippen LogP contribution in [0.25, 0.3) is 121 Å². The molecule has 0 radical (unpaired) electrons. The molecule has 0 spiro atoms. The second-order valence-electron chi connectivity index (χ2n) is 14.8. The van der Waals surface area contributed by atoms with Crippen LogP contribution in [0.5, 0.6) is 0 Å². The molecule has 0 aliphatic heterocycles. The fourth-order valence-corrected chi connectivity index (χ4v) is 9.03. The Morgan fingerprint density at radius 2 is 0.804 bits per heavy atom. The first-order valence-corrected chi connectivity index (χ1v) is 19.2. The molecule has 12 rings (SSSR count). The fraction of sp³-hybridized carbons (Fsp3) is 0. The van der Waals surface area contributed by atoms with Crippen molar-refractivity contribution in [1.29, 1.82) is 0 Å². The first-order valence-electron chi connectivity index (χ1n) is 19.2. The summed E-state index contributed by atoms with van der Waals surface area (Å²) in [5.74, 6) is 0. The molecule has 0 aliphatic carbocycles. The van der Waals surface area contributed by atoms with Crippen molar-refractivity contribution in [1.82, 2.24) is 0 Å². The number of hydrogen-bond acceptors (Lipinski definition) is 2. The number of para-hydroxylation sites is 1. The Balaban J connectivity index is 1.12. The molecule has 0 unspecified atom stereocenters. The zero-order chi connectivity index (χ0) is 36.7. The average molecular weight is 713 g/mol. The van der Waals surface area contributed by atoms with Crippen molar-refractivity contribution in [2.75, 3.05) is 0 Å². The summed E-state index contributed by atoms with van der Waals surface area (Å²) in [6.07, 6.45) is 0. The van der Waals surface area contributed by atoms with E-state index in [0.717, 1.165) is 49.4 Å². The first kappa shape index (κ1) is 31.0. The normalized spacial score (nSPS) is 11.9. The van der Waals surface area contributed by atoms with Crippen LogP contribution in [-0.2, 0) is 0 Å². The van der Waals surface area contributed by atoms with E-state index in [1.165, 1.54) is 71.3 Å². The van der Waals surface area contributed by atoms with Gasteiger partial charge in [0.2, 0.25) is 0 Å². The third-order valence-corrected chi connectivity index (χ3v) is 11.6. The predicted molar refractivity (Wildman–Crippen MR) is 235 cm³/mol. The second kappa shape index (κ2) is 12.0. The summed E-state index contributed by atoms with van der Waals surface area (Å²) in [5.41, 5.74) is 13.0. The van der Waals surface area contributed by atoms with Gasteiger partial charge in [-0.05, 0) is 125 Å². The van der Waals surface area contributed by atoms with Crippen LogP contribution in [0.4, 0.5) is 0 Å². The molecule has 260 valence electrons. The Labute approximate surface area is 322 Å². The van der Waals surface area contributed by atoms with Gasteiger partial charge in [0.15, 0.2) is 0 Å². The Kier molecular flexibility index (Phi) is 6.66. The maximum absolute atomic E-state index is 6.65. The van der Waals surface area contributed by atoms with E-state index >= 15 is 0 Å². The van der Waals surface area contributed by atoms with Crippen LogP contribution in [0.1, 0.15) is 0 Å². The first-order chi connectivity index (χ1) is 27.7. The van der Waals surface area contributed by atoms with Gasteiger partial charge in [-0.3, -0.25) is 0 Å². The van der Waals surface area contributed by atoms with Gasteiger partial charge in [0.25, 0.3) is 0 Å². The highest BCUT2D eigenvalue weighted by Crippen LogP contribution is 2.47. The highest BCUT2D eigenvalue weighted by molar-refractivity contribution is 6.25. The van der Waals surface area contributed by atoms with Crippen LogP contribution >= 0.6 is 0 Å². The van der Waals surface area contributed by atoms with Crippen molar-refractivity contribution >= 4 is 76.2 Å². The van der Waals surface area contributed by atoms with E-state index in [2.05, 4.69) is 182 Å². The van der Waals surface area contributed by atoms with E-state index < -0.39 is 0 Å². The van der Waals surface area contributed by atoms with Crippen molar-refractivity contribution in [2.24, 2.45) is 0 Å². The Bertz CT molecular complexity index is 3530. The van der Waals surface area contributed by atoms with Gasteiger partial charge in [0, 0.05) is 16.2 Å². The highest BCUT2D eigenvalue weighted by Gasteiger charge is 2.21. The number of rotatable bonds is 4. The van der Waals surface area contributed by atoms with E-state index in [-0.39, 0.29) is 0 Å². The lowest BCUT2D eigenvalue weighted by molar-refractivity contribution is 0.663. The number of hydrogen-bond donors (Lipinski definition) is 0. The van der Waals surface area contributed by atoms with Crippen LogP contribution in [0.3, 0.4) is 0 Å². The molecular formula is C54H32O2. The van der Waals surface area contributed by atoms with Crippen molar-refractivity contribution in [2.45, 2.75) is 0 Å². The van der Waals surface area contributed by atoms with Gasteiger partial charge in [-0.2, -0.15) is 0 Å². The van der Waals surface area contributed by atoms with Gasteiger partial charge in [-0.15, -0.1) is 0 Å². The van der Waals surface area contributed by atoms with Crippen molar-refractivity contribution < 1.29 is 8.83 Å². The lowest BCUT2D eigenvalue weighted by Crippen LogP contribution is -1.92. The SMILES string of the molecule is c1ccc(-c2ccc3c(-c4ccc5oc6c(ccc7oc8ccccc8c76)c5c4)c4ccccc4c(-c4cccc(-c5ccc6ccccc6c5)c4)c3c2)cc1. The monoisotopic (exact) mass is 712 g/mol. The summed E-state index contributed by atoms with van der Waals surface area (Å²) in [6, 6.07) is 70.1. The van der Waals surface area contributed by atoms with E-state index in [1.807, 2.05) is 12.1 Å². The Hall–Kier alpha value is -7.42. The van der Waals surface area contributed by atoms with Crippen molar-refractivity contribution in [3.63, 3.8) is 0 Å². The molecule has 0 bridgehead atoms. The molecule has 2 aromatic heterocycles. The summed E-state index contributed by atoms with van der Waals surface area (Å²) >= 11 is 0. The summed E-state index contributed by atoms with van der Waals surface area (Å²) in [7, 11) is 0. The van der Waals surface area contributed by atoms with Gasteiger partial charge >= 0.3 is 0 Å². The van der Waals surface area contributed by atoms with Gasteiger partial charge in [-0.1, -0.05) is 146 Å². The molecule has 0 fully saturated rings. The van der Waals surface area contributed by atoms with E-state index in [4.69, 9.17) is 8.83 Å². The molecule has 2 heterocycles. The van der Waals surface area contributed by atoms with Gasteiger partial charge in [0.05, 0.1) is 5.39 Å². The zero-order valence-electron chi connectivity index (χ0n) is 30.3. The third-order valence-electron chi connectivity index (χ3n) is 11.6. The predicted octanol–water partition coefficient (Wildman–Crippen LogP) is 15.6. The molecule has 2 nitrogen and oxygen atoms in total. The summed E-state index contributed by atoms with van der Waals surface area (Å²) < 4.78 is 12.9. The molecule has 0 aliphatic rings. The highest BCUT2D eigenvalue weighted by atomic mass is 16.3. The van der Waals surface area contributed by atoms with Crippen LogP contribution in [0, 0.1) is 0 Å². The number of benzene rings is 10. The molecule has 0 N–H and O–H groups in total. The van der Waals surface area contributed by atoms with Crippen molar-refractivity contribution in [3.8, 4) is 44.5 Å². The van der Waals surface area contributed by atoms with Crippen LogP contribution in [-0.4, -0.2) is 0 Å². The molecule has 2 heteroatoms. The average Bonchev–Trinajstić information content (AvgIpc) is 3.83. The van der Waals surface area contributed by atoms with Crippen LogP contribution in [0.15, 0.2) is 203 Å². The Morgan fingerprint density at radius 3 is 1.68 bits per heavy atom. The van der Waals surface area contributed by atoms with Gasteiger partial charge in [-0.25, -0.2) is 0 Å². The second-order valence-corrected chi connectivity index (χ2v) is 14.8. The third kappa shape index (κ3) is 4.69. The molecule has 0 amide bonds. The van der Waals surface area contributed by atoms with E-state index in [0.29, 0.717) is 0 Å². The maximum Gasteiger partial charge on any atom is 0.147 e. The van der Waals surface area contributed by atoms with Crippen LogP contribution < -0.4 is 0 Å². The minimum absolute atomic E-state index is 0.837. The summed E-state index contributed by atoms with van der Waals surface area (Å²) in [4.78, 5) is 0. The molecule has 0 saturated heterocycles.